The summed E-state index contributed by atoms with van der Waals surface area (Å²) in [5, 5.41) is 13.0. The molecule has 0 atom stereocenters. The van der Waals surface area contributed by atoms with Gasteiger partial charge in [-0.3, -0.25) is 9.89 Å². The highest BCUT2D eigenvalue weighted by atomic mass is 32.2. The van der Waals surface area contributed by atoms with Crippen LogP contribution in [-0.4, -0.2) is 34.2 Å². The maximum absolute atomic E-state index is 11.6. The Kier molecular flexibility index (Phi) is 5.33. The van der Waals surface area contributed by atoms with E-state index in [1.807, 2.05) is 24.3 Å². The molecule has 6 nitrogen and oxygen atoms in total. The van der Waals surface area contributed by atoms with Gasteiger partial charge >= 0.3 is 0 Å². The van der Waals surface area contributed by atoms with Crippen LogP contribution in [0.1, 0.15) is 0 Å². The van der Waals surface area contributed by atoms with E-state index >= 15 is 0 Å². The topological polar surface area (TPSA) is 82.7 Å². The van der Waals surface area contributed by atoms with Gasteiger partial charge in [0.15, 0.2) is 5.16 Å². The number of aromatic amines is 1. The molecule has 0 fully saturated rings. The zero-order valence-corrected chi connectivity index (χ0v) is 11.6. The molecule has 104 valence electrons. The third-order valence-corrected chi connectivity index (χ3v) is 3.22. The van der Waals surface area contributed by atoms with Crippen molar-refractivity contribution in [2.24, 2.45) is 0 Å². The number of nitrogens with zero attached hydrogens (tertiary/aromatic N) is 2. The zero-order valence-electron chi connectivity index (χ0n) is 10.8. The van der Waals surface area contributed by atoms with Crippen LogP contribution < -0.4 is 10.6 Å². The molecule has 7 heteroatoms. The predicted molar refractivity (Wildman–Crippen MR) is 78.6 cm³/mol. The van der Waals surface area contributed by atoms with Gasteiger partial charge < -0.3 is 10.6 Å². The molecule has 2 rings (SSSR count). The Labute approximate surface area is 121 Å². The smallest absolute Gasteiger partial charge is 0.238 e. The number of anilines is 1. The van der Waals surface area contributed by atoms with Crippen LogP contribution in [0.25, 0.3) is 0 Å². The SMILES string of the molecule is C=CCNCC(=O)Nc1ccc(Sc2ncn[nH]2)cc1. The highest BCUT2D eigenvalue weighted by Gasteiger charge is 2.03. The van der Waals surface area contributed by atoms with E-state index in [-0.39, 0.29) is 12.5 Å². The lowest BCUT2D eigenvalue weighted by Gasteiger charge is -2.06. The van der Waals surface area contributed by atoms with Gasteiger partial charge in [0.1, 0.15) is 6.33 Å². The highest BCUT2D eigenvalue weighted by Crippen LogP contribution is 2.24. The third-order valence-electron chi connectivity index (χ3n) is 2.32. The molecule has 1 aromatic carbocycles. The van der Waals surface area contributed by atoms with E-state index in [1.54, 1.807) is 6.08 Å². The molecule has 0 saturated carbocycles. The Morgan fingerprint density at radius 1 is 1.40 bits per heavy atom. The fourth-order valence-electron chi connectivity index (χ4n) is 1.45. The van der Waals surface area contributed by atoms with Gasteiger partial charge in [-0.2, -0.15) is 5.10 Å². The van der Waals surface area contributed by atoms with Gasteiger partial charge in [0.05, 0.1) is 6.54 Å². The first kappa shape index (κ1) is 14.3. The number of hydrogen-bond donors (Lipinski definition) is 3. The quantitative estimate of drug-likeness (QED) is 0.533. The van der Waals surface area contributed by atoms with E-state index in [0.29, 0.717) is 6.54 Å². The molecule has 1 heterocycles. The second kappa shape index (κ2) is 7.46. The Balaban J connectivity index is 1.85. The summed E-state index contributed by atoms with van der Waals surface area (Å²) < 4.78 is 0. The molecule has 2 aromatic rings. The largest absolute Gasteiger partial charge is 0.325 e. The minimum atomic E-state index is -0.0810. The van der Waals surface area contributed by atoms with E-state index in [1.165, 1.54) is 18.1 Å². The Morgan fingerprint density at radius 3 is 2.85 bits per heavy atom. The van der Waals surface area contributed by atoms with Gasteiger partial charge in [-0.15, -0.1) is 6.58 Å². The predicted octanol–water partition coefficient (Wildman–Crippen LogP) is 1.67. The van der Waals surface area contributed by atoms with Crippen molar-refractivity contribution in [3.63, 3.8) is 0 Å². The van der Waals surface area contributed by atoms with E-state index in [9.17, 15) is 4.79 Å². The monoisotopic (exact) mass is 289 g/mol. The van der Waals surface area contributed by atoms with E-state index < -0.39 is 0 Å². The minimum Gasteiger partial charge on any atom is -0.325 e. The molecular weight excluding hydrogens is 274 g/mol. The van der Waals surface area contributed by atoms with Crippen LogP contribution in [0.5, 0.6) is 0 Å². The zero-order chi connectivity index (χ0) is 14.2. The van der Waals surface area contributed by atoms with Gasteiger partial charge in [0, 0.05) is 17.1 Å². The molecule has 0 radical (unpaired) electrons. The van der Waals surface area contributed by atoms with Gasteiger partial charge in [-0.1, -0.05) is 17.8 Å². The lowest BCUT2D eigenvalue weighted by Crippen LogP contribution is -2.27. The number of carbonyl (C=O) groups is 1. The average molecular weight is 289 g/mol. The number of rotatable bonds is 7. The van der Waals surface area contributed by atoms with Gasteiger partial charge in [0.2, 0.25) is 5.91 Å². The normalized spacial score (nSPS) is 10.2. The van der Waals surface area contributed by atoms with Crippen molar-refractivity contribution < 1.29 is 4.79 Å². The van der Waals surface area contributed by atoms with Crippen molar-refractivity contribution in [2.45, 2.75) is 10.1 Å². The maximum Gasteiger partial charge on any atom is 0.238 e. The number of H-pyrrole nitrogens is 1. The molecule has 0 saturated heterocycles. The van der Waals surface area contributed by atoms with Crippen molar-refractivity contribution in [2.75, 3.05) is 18.4 Å². The second-order valence-electron chi connectivity index (χ2n) is 3.88. The van der Waals surface area contributed by atoms with Crippen LogP contribution in [0, 0.1) is 0 Å². The van der Waals surface area contributed by atoms with E-state index in [0.717, 1.165) is 15.7 Å². The molecule has 1 amide bonds. The number of aromatic nitrogens is 3. The Hall–Kier alpha value is -2.12. The summed E-state index contributed by atoms with van der Waals surface area (Å²) in [4.78, 5) is 16.6. The highest BCUT2D eigenvalue weighted by molar-refractivity contribution is 7.99. The van der Waals surface area contributed by atoms with E-state index in [4.69, 9.17) is 0 Å². The van der Waals surface area contributed by atoms with Gasteiger partial charge in [0.25, 0.3) is 0 Å². The van der Waals surface area contributed by atoms with Crippen LogP contribution >= 0.6 is 11.8 Å². The first-order chi connectivity index (χ1) is 9.78. The molecule has 0 aliphatic rings. The van der Waals surface area contributed by atoms with Crippen LogP contribution in [-0.2, 0) is 4.79 Å². The minimum absolute atomic E-state index is 0.0810. The Morgan fingerprint density at radius 2 is 2.20 bits per heavy atom. The van der Waals surface area contributed by atoms with Crippen LogP contribution in [0.4, 0.5) is 5.69 Å². The Bertz CT molecular complexity index is 553. The van der Waals surface area contributed by atoms with Crippen molar-refractivity contribution in [3.8, 4) is 0 Å². The van der Waals surface area contributed by atoms with Crippen molar-refractivity contribution in [1.82, 2.24) is 20.5 Å². The molecule has 0 unspecified atom stereocenters. The van der Waals surface area contributed by atoms with Crippen molar-refractivity contribution >= 4 is 23.4 Å². The van der Waals surface area contributed by atoms with Crippen LogP contribution in [0.3, 0.4) is 0 Å². The summed E-state index contributed by atoms with van der Waals surface area (Å²) in [6.45, 7) is 4.45. The van der Waals surface area contributed by atoms with Crippen molar-refractivity contribution in [1.29, 1.82) is 0 Å². The lowest BCUT2D eigenvalue weighted by atomic mass is 10.3. The number of nitrogens with one attached hydrogen (secondary N) is 3. The fourth-order valence-corrected chi connectivity index (χ4v) is 2.15. The summed E-state index contributed by atoms with van der Waals surface area (Å²) in [5.41, 5.74) is 0.761. The third kappa shape index (κ3) is 4.52. The number of hydrogen-bond acceptors (Lipinski definition) is 5. The summed E-state index contributed by atoms with van der Waals surface area (Å²) in [6, 6.07) is 7.54. The molecule has 3 N–H and O–H groups in total. The standard InChI is InChI=1S/C13H15N5OS/c1-2-7-14-8-12(19)17-10-3-5-11(6-4-10)20-13-15-9-16-18-13/h2-6,9,14H,1,7-8H2,(H,17,19)(H,15,16,18). The number of benzene rings is 1. The fraction of sp³-hybridized carbons (Fsp3) is 0.154. The molecule has 0 spiro atoms. The molecule has 20 heavy (non-hydrogen) atoms. The van der Waals surface area contributed by atoms with Gasteiger partial charge in [-0.05, 0) is 24.3 Å². The van der Waals surface area contributed by atoms with Gasteiger partial charge in [-0.25, -0.2) is 4.98 Å². The lowest BCUT2D eigenvalue weighted by molar-refractivity contribution is -0.115. The first-order valence-electron chi connectivity index (χ1n) is 6.02. The molecule has 0 bridgehead atoms. The number of amides is 1. The van der Waals surface area contributed by atoms with Crippen molar-refractivity contribution in [3.05, 3.63) is 43.2 Å². The first-order valence-corrected chi connectivity index (χ1v) is 6.84. The molecule has 0 aliphatic heterocycles. The van der Waals surface area contributed by atoms with Crippen LogP contribution in [0.2, 0.25) is 0 Å². The summed E-state index contributed by atoms with van der Waals surface area (Å²) in [6.07, 6.45) is 3.18. The van der Waals surface area contributed by atoms with E-state index in [2.05, 4.69) is 32.4 Å². The maximum atomic E-state index is 11.6. The van der Waals surface area contributed by atoms with Crippen LogP contribution in [0.15, 0.2) is 53.3 Å². The molecular formula is C13H15N5OS. The summed E-state index contributed by atoms with van der Waals surface area (Å²) in [5.74, 6) is -0.0810. The average Bonchev–Trinajstić information content (AvgIpc) is 2.94. The second-order valence-corrected chi connectivity index (χ2v) is 4.95. The molecule has 1 aromatic heterocycles. The summed E-state index contributed by atoms with van der Waals surface area (Å²) in [7, 11) is 0. The molecule has 0 aliphatic carbocycles. The number of carbonyl (C=O) groups excluding carboxylic acids is 1. The summed E-state index contributed by atoms with van der Waals surface area (Å²) >= 11 is 1.47.